The molecule has 4 N–H and O–H groups in total. The first kappa shape index (κ1) is 12.8. The van der Waals surface area contributed by atoms with Gasteiger partial charge >= 0.3 is 12.0 Å². The molecule has 17 heavy (non-hydrogen) atoms. The fraction of sp³-hybridized carbons (Fsp3) is 0.571. The van der Waals surface area contributed by atoms with E-state index in [4.69, 9.17) is 10.2 Å². The van der Waals surface area contributed by atoms with Gasteiger partial charge in [0.1, 0.15) is 0 Å². The van der Waals surface area contributed by atoms with Crippen LogP contribution in [-0.4, -0.2) is 54.6 Å². The van der Waals surface area contributed by atoms with Crippen LogP contribution in [0.15, 0.2) is 0 Å². The van der Waals surface area contributed by atoms with Crippen LogP contribution in [0.3, 0.4) is 0 Å². The predicted molar refractivity (Wildman–Crippen MR) is 54.1 cm³/mol. The smallest absolute Gasteiger partial charge is 0.328 e. The number of nitrogens with zero attached hydrogens (tertiary/aromatic N) is 4. The normalized spacial score (nSPS) is 13.8. The van der Waals surface area contributed by atoms with Crippen molar-refractivity contribution in [2.75, 3.05) is 5.32 Å². The summed E-state index contributed by atoms with van der Waals surface area (Å²) >= 11 is 0. The summed E-state index contributed by atoms with van der Waals surface area (Å²) in [7, 11) is 1.51. The third-order valence-electron chi connectivity index (χ3n) is 1.77. The van der Waals surface area contributed by atoms with Crippen molar-refractivity contribution < 1.29 is 19.8 Å². The van der Waals surface area contributed by atoms with Crippen molar-refractivity contribution in [2.24, 2.45) is 7.05 Å². The summed E-state index contributed by atoms with van der Waals surface area (Å²) in [6.07, 6.45) is -1.23. The summed E-state index contributed by atoms with van der Waals surface area (Å²) in [6.45, 7) is 1.25. The average molecular weight is 244 g/mol. The van der Waals surface area contributed by atoms with E-state index in [0.29, 0.717) is 0 Å². The topological polar surface area (TPSA) is 142 Å². The van der Waals surface area contributed by atoms with Crippen molar-refractivity contribution in [3.8, 4) is 0 Å². The van der Waals surface area contributed by atoms with E-state index in [1.165, 1.54) is 14.0 Å². The fourth-order valence-electron chi connectivity index (χ4n) is 1.00. The van der Waals surface area contributed by atoms with Crippen molar-refractivity contribution in [1.82, 2.24) is 25.5 Å². The monoisotopic (exact) mass is 244 g/mol. The Bertz CT molecular complexity index is 416. The summed E-state index contributed by atoms with van der Waals surface area (Å²) in [6, 6.07) is -2.25. The zero-order valence-electron chi connectivity index (χ0n) is 9.15. The van der Waals surface area contributed by atoms with E-state index in [-0.39, 0.29) is 5.95 Å². The number of hydrogen-bond acceptors (Lipinski definition) is 6. The fourth-order valence-corrected chi connectivity index (χ4v) is 1.00. The van der Waals surface area contributed by atoms with E-state index in [1.54, 1.807) is 0 Å². The van der Waals surface area contributed by atoms with Gasteiger partial charge in [0, 0.05) is 0 Å². The summed E-state index contributed by atoms with van der Waals surface area (Å²) < 4.78 is 0. The lowest BCUT2D eigenvalue weighted by Gasteiger charge is -2.16. The molecule has 94 valence electrons. The second-order valence-electron chi connectivity index (χ2n) is 3.26. The minimum absolute atomic E-state index is 0.0697. The molecule has 1 aromatic rings. The van der Waals surface area contributed by atoms with Gasteiger partial charge in [-0.05, 0) is 12.1 Å². The van der Waals surface area contributed by atoms with Gasteiger partial charge in [0.05, 0.1) is 13.2 Å². The lowest BCUT2D eigenvalue weighted by Crippen LogP contribution is -2.49. The Hall–Kier alpha value is -2.23. The highest BCUT2D eigenvalue weighted by Gasteiger charge is 2.25. The molecule has 10 nitrogen and oxygen atoms in total. The molecule has 0 aliphatic rings. The first-order chi connectivity index (χ1) is 7.90. The Kier molecular flexibility index (Phi) is 3.93. The second kappa shape index (κ2) is 5.21. The summed E-state index contributed by atoms with van der Waals surface area (Å²) in [5.74, 6) is -1.41. The van der Waals surface area contributed by atoms with Gasteiger partial charge in [0.15, 0.2) is 6.04 Å². The van der Waals surface area contributed by atoms with Crippen LogP contribution in [0.1, 0.15) is 6.92 Å². The molecule has 1 heterocycles. The molecule has 0 aromatic carbocycles. The Balaban J connectivity index is 2.56. The van der Waals surface area contributed by atoms with Gasteiger partial charge in [-0.3, -0.25) is 5.32 Å². The molecule has 2 unspecified atom stereocenters. The Morgan fingerprint density at radius 3 is 2.53 bits per heavy atom. The molecule has 2 amide bonds. The molecular weight excluding hydrogens is 232 g/mol. The number of anilines is 1. The molecule has 0 fully saturated rings. The van der Waals surface area contributed by atoms with Gasteiger partial charge < -0.3 is 15.5 Å². The standard InChI is InChI=1S/C7H12N6O4/c1-3(14)4(5(15)16)8-7(17)9-6-10-12-13(2)11-6/h3-4,14H,1-2H3,(H,15,16)(H2,8,9,11,17). The number of urea groups is 1. The number of aliphatic hydroxyl groups is 1. The number of rotatable bonds is 4. The van der Waals surface area contributed by atoms with Gasteiger partial charge in [0.2, 0.25) is 0 Å². The molecule has 0 spiro atoms. The summed E-state index contributed by atoms with van der Waals surface area (Å²) in [5, 5.41) is 32.7. The van der Waals surface area contributed by atoms with Crippen LogP contribution in [0.25, 0.3) is 0 Å². The third-order valence-corrected chi connectivity index (χ3v) is 1.77. The van der Waals surface area contributed by atoms with Gasteiger partial charge in [-0.2, -0.15) is 4.80 Å². The molecule has 0 saturated heterocycles. The maximum Gasteiger partial charge on any atom is 0.328 e. The molecule has 0 aliphatic heterocycles. The first-order valence-corrected chi connectivity index (χ1v) is 4.62. The van der Waals surface area contributed by atoms with Crippen LogP contribution in [-0.2, 0) is 11.8 Å². The zero-order chi connectivity index (χ0) is 13.0. The SMILES string of the molecule is CC(O)C(NC(=O)Nc1nnn(C)n1)C(=O)O. The molecule has 1 aromatic heterocycles. The van der Waals surface area contributed by atoms with E-state index in [9.17, 15) is 9.59 Å². The van der Waals surface area contributed by atoms with Gasteiger partial charge in [0.25, 0.3) is 5.95 Å². The lowest BCUT2D eigenvalue weighted by molar-refractivity contribution is -0.141. The highest BCUT2D eigenvalue weighted by atomic mass is 16.4. The number of hydrogen-bond donors (Lipinski definition) is 4. The molecule has 1 rings (SSSR count). The van der Waals surface area contributed by atoms with Crippen molar-refractivity contribution in [1.29, 1.82) is 0 Å². The Labute approximate surface area is 95.6 Å². The highest BCUT2D eigenvalue weighted by Crippen LogP contribution is 1.96. The Morgan fingerprint density at radius 1 is 1.47 bits per heavy atom. The number of aromatic nitrogens is 4. The van der Waals surface area contributed by atoms with Gasteiger partial charge in [-0.25, -0.2) is 9.59 Å². The van der Waals surface area contributed by atoms with Crippen LogP contribution >= 0.6 is 0 Å². The summed E-state index contributed by atoms with van der Waals surface area (Å²) in [4.78, 5) is 23.1. The maximum absolute atomic E-state index is 11.3. The van der Waals surface area contributed by atoms with Crippen LogP contribution < -0.4 is 10.6 Å². The van der Waals surface area contributed by atoms with Crippen LogP contribution in [0, 0.1) is 0 Å². The minimum Gasteiger partial charge on any atom is -0.480 e. The van der Waals surface area contributed by atoms with Crippen molar-refractivity contribution in [2.45, 2.75) is 19.1 Å². The summed E-state index contributed by atoms with van der Waals surface area (Å²) in [5.41, 5.74) is 0. The number of carboxylic acid groups (broad SMARTS) is 1. The molecule has 0 bridgehead atoms. The number of carbonyl (C=O) groups is 2. The number of aryl methyl sites for hydroxylation is 1. The van der Waals surface area contributed by atoms with Gasteiger partial charge in [-0.1, -0.05) is 5.10 Å². The number of aliphatic hydroxyl groups excluding tert-OH is 1. The number of tetrazole rings is 1. The number of carbonyl (C=O) groups excluding carboxylic acids is 1. The number of carboxylic acids is 1. The molecular formula is C7H12N6O4. The van der Waals surface area contributed by atoms with E-state index in [0.717, 1.165) is 4.80 Å². The van der Waals surface area contributed by atoms with Crippen molar-refractivity contribution >= 4 is 17.9 Å². The second-order valence-corrected chi connectivity index (χ2v) is 3.26. The number of nitrogens with one attached hydrogen (secondary N) is 2. The largest absolute Gasteiger partial charge is 0.480 e. The minimum atomic E-state index is -1.41. The first-order valence-electron chi connectivity index (χ1n) is 4.62. The molecule has 2 atom stereocenters. The third kappa shape index (κ3) is 3.68. The van der Waals surface area contributed by atoms with Crippen LogP contribution in [0.5, 0.6) is 0 Å². The number of amides is 2. The number of aliphatic carboxylic acids is 1. The van der Waals surface area contributed by atoms with Crippen molar-refractivity contribution in [3.63, 3.8) is 0 Å². The van der Waals surface area contributed by atoms with E-state index in [1.807, 2.05) is 0 Å². The van der Waals surface area contributed by atoms with Gasteiger partial charge in [-0.15, -0.1) is 5.10 Å². The molecule has 10 heteroatoms. The van der Waals surface area contributed by atoms with Crippen molar-refractivity contribution in [3.05, 3.63) is 0 Å². The molecule has 0 radical (unpaired) electrons. The van der Waals surface area contributed by atoms with E-state index >= 15 is 0 Å². The Morgan fingerprint density at radius 2 is 2.12 bits per heavy atom. The van der Waals surface area contributed by atoms with Crippen LogP contribution in [0.4, 0.5) is 10.7 Å². The average Bonchev–Trinajstić information content (AvgIpc) is 2.59. The zero-order valence-corrected chi connectivity index (χ0v) is 9.15. The molecule has 0 saturated carbocycles. The quantitative estimate of drug-likeness (QED) is 0.487. The van der Waals surface area contributed by atoms with E-state index in [2.05, 4.69) is 26.0 Å². The maximum atomic E-state index is 11.3. The van der Waals surface area contributed by atoms with Crippen LogP contribution in [0.2, 0.25) is 0 Å². The lowest BCUT2D eigenvalue weighted by atomic mass is 10.2. The highest BCUT2D eigenvalue weighted by molar-refractivity contribution is 5.90. The predicted octanol–water partition coefficient (Wildman–Crippen LogP) is -1.83. The van der Waals surface area contributed by atoms with E-state index < -0.39 is 24.1 Å². The molecule has 0 aliphatic carbocycles.